The molecule has 0 bridgehead atoms. The molecule has 1 aromatic heterocycles. The van der Waals surface area contributed by atoms with E-state index >= 15 is 0 Å². The van der Waals surface area contributed by atoms with Gasteiger partial charge in [-0.15, -0.1) is 0 Å². The average Bonchev–Trinajstić information content (AvgIpc) is 2.31. The molecule has 1 atom stereocenters. The highest BCUT2D eigenvalue weighted by Gasteiger charge is 2.18. The maximum Gasteiger partial charge on any atom is 0.310 e. The summed E-state index contributed by atoms with van der Waals surface area (Å²) in [5.74, 6) is 0.149. The predicted octanol–water partition coefficient (Wildman–Crippen LogP) is 0.957. The van der Waals surface area contributed by atoms with Crippen LogP contribution in [0.4, 0.5) is 11.6 Å². The van der Waals surface area contributed by atoms with Crippen LogP contribution in [0.15, 0.2) is 6.33 Å². The third kappa shape index (κ3) is 3.20. The number of carbonyl (C=O) groups is 1. The molecule has 7 heteroatoms. The minimum Gasteiger partial charge on any atom is -0.469 e. The summed E-state index contributed by atoms with van der Waals surface area (Å²) in [4.78, 5) is 20.8. The number of methoxy groups -OCH3 is 1. The van der Waals surface area contributed by atoms with E-state index in [4.69, 9.17) is 17.3 Å². The van der Waals surface area contributed by atoms with Crippen LogP contribution < -0.4 is 10.6 Å². The van der Waals surface area contributed by atoms with Gasteiger partial charge in [0.05, 0.1) is 13.0 Å². The fourth-order valence-corrected chi connectivity index (χ4v) is 1.65. The number of carbonyl (C=O) groups excluding carboxylic acids is 1. The zero-order valence-electron chi connectivity index (χ0n) is 9.98. The standard InChI is InChI=1S/C10H15ClN4O2/c1-6(10(16)17-3)4-15(2)9-7(11)8(12)13-5-14-9/h5-6H,4H2,1-3H3,(H2,12,13,14). The van der Waals surface area contributed by atoms with E-state index in [1.54, 1.807) is 18.9 Å². The third-order valence-electron chi connectivity index (χ3n) is 2.31. The van der Waals surface area contributed by atoms with E-state index in [2.05, 4.69) is 14.7 Å². The van der Waals surface area contributed by atoms with Crippen LogP contribution in [0.2, 0.25) is 5.02 Å². The zero-order valence-corrected chi connectivity index (χ0v) is 10.7. The summed E-state index contributed by atoms with van der Waals surface area (Å²) in [5.41, 5.74) is 5.57. The van der Waals surface area contributed by atoms with Crippen LogP contribution in [0.1, 0.15) is 6.92 Å². The van der Waals surface area contributed by atoms with Gasteiger partial charge in [-0.05, 0) is 0 Å². The first-order valence-electron chi connectivity index (χ1n) is 5.02. The number of esters is 1. The van der Waals surface area contributed by atoms with Crippen LogP contribution in [-0.4, -0.2) is 36.6 Å². The molecule has 0 saturated carbocycles. The largest absolute Gasteiger partial charge is 0.469 e. The van der Waals surface area contributed by atoms with Crippen molar-refractivity contribution in [3.05, 3.63) is 11.3 Å². The summed E-state index contributed by atoms with van der Waals surface area (Å²) in [6.07, 6.45) is 1.33. The van der Waals surface area contributed by atoms with Crippen molar-refractivity contribution in [1.82, 2.24) is 9.97 Å². The lowest BCUT2D eigenvalue weighted by Crippen LogP contribution is -2.30. The molecular weight excluding hydrogens is 244 g/mol. The maximum atomic E-state index is 11.3. The SMILES string of the molecule is COC(=O)C(C)CN(C)c1ncnc(N)c1Cl. The summed E-state index contributed by atoms with van der Waals surface area (Å²) in [7, 11) is 3.13. The number of hydrogen-bond donors (Lipinski definition) is 1. The molecule has 1 rings (SSSR count). The van der Waals surface area contributed by atoms with Crippen LogP contribution in [0, 0.1) is 5.92 Å². The van der Waals surface area contributed by atoms with E-state index in [0.717, 1.165) is 0 Å². The quantitative estimate of drug-likeness (QED) is 0.810. The molecule has 0 aliphatic heterocycles. The lowest BCUT2D eigenvalue weighted by molar-refractivity contribution is -0.144. The lowest BCUT2D eigenvalue weighted by atomic mass is 10.2. The van der Waals surface area contributed by atoms with Gasteiger partial charge in [0, 0.05) is 13.6 Å². The molecule has 0 radical (unpaired) electrons. The number of rotatable bonds is 4. The van der Waals surface area contributed by atoms with Crippen molar-refractivity contribution in [1.29, 1.82) is 0 Å². The molecule has 6 nitrogen and oxygen atoms in total. The van der Waals surface area contributed by atoms with Crippen LogP contribution in [0.5, 0.6) is 0 Å². The molecule has 0 aliphatic carbocycles. The summed E-state index contributed by atoms with van der Waals surface area (Å²) >= 11 is 5.98. The monoisotopic (exact) mass is 258 g/mol. The lowest BCUT2D eigenvalue weighted by Gasteiger charge is -2.22. The van der Waals surface area contributed by atoms with E-state index in [0.29, 0.717) is 12.4 Å². The number of anilines is 2. The van der Waals surface area contributed by atoms with Gasteiger partial charge in [-0.2, -0.15) is 0 Å². The maximum absolute atomic E-state index is 11.3. The summed E-state index contributed by atoms with van der Waals surface area (Å²) in [6, 6.07) is 0. The van der Waals surface area contributed by atoms with Crippen LogP contribution >= 0.6 is 11.6 Å². The number of aromatic nitrogens is 2. The fraction of sp³-hybridized carbons (Fsp3) is 0.500. The van der Waals surface area contributed by atoms with Gasteiger partial charge in [0.25, 0.3) is 0 Å². The Morgan fingerprint density at radius 3 is 2.88 bits per heavy atom. The Bertz CT molecular complexity index is 413. The topological polar surface area (TPSA) is 81.3 Å². The third-order valence-corrected chi connectivity index (χ3v) is 2.67. The second kappa shape index (κ2) is 5.67. The first kappa shape index (κ1) is 13.5. The average molecular weight is 259 g/mol. The van der Waals surface area contributed by atoms with Gasteiger partial charge >= 0.3 is 5.97 Å². The highest BCUT2D eigenvalue weighted by molar-refractivity contribution is 6.35. The second-order valence-electron chi connectivity index (χ2n) is 3.70. The molecule has 0 saturated heterocycles. The molecule has 94 valence electrons. The molecule has 0 amide bonds. The molecule has 0 aliphatic rings. The Hall–Kier alpha value is -1.56. The number of ether oxygens (including phenoxy) is 1. The van der Waals surface area contributed by atoms with E-state index < -0.39 is 0 Å². The summed E-state index contributed by atoms with van der Waals surface area (Å²) < 4.78 is 4.65. The minimum atomic E-state index is -0.282. The van der Waals surface area contributed by atoms with Crippen molar-refractivity contribution < 1.29 is 9.53 Å². The highest BCUT2D eigenvalue weighted by atomic mass is 35.5. The van der Waals surface area contributed by atoms with Gasteiger partial charge in [-0.25, -0.2) is 9.97 Å². The van der Waals surface area contributed by atoms with Crippen molar-refractivity contribution in [3.8, 4) is 0 Å². The van der Waals surface area contributed by atoms with E-state index in [9.17, 15) is 4.79 Å². The minimum absolute atomic E-state index is 0.217. The summed E-state index contributed by atoms with van der Waals surface area (Å²) in [6.45, 7) is 2.20. The van der Waals surface area contributed by atoms with Crippen LogP contribution in [-0.2, 0) is 9.53 Å². The molecule has 0 spiro atoms. The second-order valence-corrected chi connectivity index (χ2v) is 4.08. The Labute approximate surface area is 105 Å². The molecule has 0 fully saturated rings. The number of hydrogen-bond acceptors (Lipinski definition) is 6. The van der Waals surface area contributed by atoms with Gasteiger partial charge in [0.15, 0.2) is 5.82 Å². The molecule has 17 heavy (non-hydrogen) atoms. The van der Waals surface area contributed by atoms with Gasteiger partial charge in [-0.1, -0.05) is 18.5 Å². The summed E-state index contributed by atoms with van der Waals surface area (Å²) in [5, 5.41) is 0.284. The van der Waals surface area contributed by atoms with Crippen molar-refractivity contribution >= 4 is 29.2 Å². The van der Waals surface area contributed by atoms with Crippen molar-refractivity contribution in [2.75, 3.05) is 31.3 Å². The van der Waals surface area contributed by atoms with Crippen molar-refractivity contribution in [3.63, 3.8) is 0 Å². The first-order chi connectivity index (χ1) is 7.97. The first-order valence-corrected chi connectivity index (χ1v) is 5.40. The van der Waals surface area contributed by atoms with Gasteiger partial charge < -0.3 is 15.4 Å². The molecule has 1 heterocycles. The van der Waals surface area contributed by atoms with E-state index in [1.807, 2.05) is 0 Å². The number of nitrogen functional groups attached to an aromatic ring is 1. The Balaban J connectivity index is 2.80. The van der Waals surface area contributed by atoms with Crippen molar-refractivity contribution in [2.24, 2.45) is 5.92 Å². The van der Waals surface area contributed by atoms with E-state index in [1.165, 1.54) is 13.4 Å². The molecular formula is C10H15ClN4O2. The Kier molecular flexibility index (Phi) is 4.51. The zero-order chi connectivity index (χ0) is 13.0. The Morgan fingerprint density at radius 1 is 1.65 bits per heavy atom. The number of nitrogens with two attached hydrogens (primary N) is 1. The predicted molar refractivity (Wildman–Crippen MR) is 65.9 cm³/mol. The normalized spacial score (nSPS) is 12.0. The van der Waals surface area contributed by atoms with Crippen LogP contribution in [0.25, 0.3) is 0 Å². The van der Waals surface area contributed by atoms with Crippen molar-refractivity contribution in [2.45, 2.75) is 6.92 Å². The number of nitrogens with zero attached hydrogens (tertiary/aromatic N) is 3. The molecule has 1 unspecified atom stereocenters. The van der Waals surface area contributed by atoms with E-state index in [-0.39, 0.29) is 22.7 Å². The molecule has 2 N–H and O–H groups in total. The van der Waals surface area contributed by atoms with Gasteiger partial charge in [0.2, 0.25) is 0 Å². The van der Waals surface area contributed by atoms with Gasteiger partial charge in [0.1, 0.15) is 17.2 Å². The number of halogens is 1. The molecule has 0 aromatic carbocycles. The van der Waals surface area contributed by atoms with Gasteiger partial charge in [-0.3, -0.25) is 4.79 Å². The Morgan fingerprint density at radius 2 is 2.29 bits per heavy atom. The fourth-order valence-electron chi connectivity index (χ4n) is 1.41. The van der Waals surface area contributed by atoms with Crippen LogP contribution in [0.3, 0.4) is 0 Å². The smallest absolute Gasteiger partial charge is 0.310 e. The molecule has 1 aromatic rings. The highest BCUT2D eigenvalue weighted by Crippen LogP contribution is 2.26.